The molecule has 1 saturated heterocycles. The standard InChI is InChI=1S/C22H22Cl2N2O2/c1-14-20(16-4-8-18(23)9-5-16)26(28-13-3-12-25)21(15(2)22(14)27)17-6-10-19(24)11-7-17/h4-11,14-15,20-21H,3,13H2,1-2H3/t14-,15+,20+,21-. The van der Waals surface area contributed by atoms with Gasteiger partial charge in [0.2, 0.25) is 0 Å². The Balaban J connectivity index is 2.06. The van der Waals surface area contributed by atoms with Gasteiger partial charge >= 0.3 is 0 Å². The summed E-state index contributed by atoms with van der Waals surface area (Å²) in [5, 5.41) is 12.1. The van der Waals surface area contributed by atoms with Crippen molar-refractivity contribution in [2.24, 2.45) is 11.8 Å². The molecule has 28 heavy (non-hydrogen) atoms. The van der Waals surface area contributed by atoms with Crippen molar-refractivity contribution in [1.82, 2.24) is 5.06 Å². The molecule has 1 heterocycles. The Hall–Kier alpha value is -1.90. The fourth-order valence-corrected chi connectivity index (χ4v) is 4.14. The Kier molecular flexibility index (Phi) is 6.74. The number of Topliss-reactive ketones (excluding diaryl/α,β-unsaturated/α-hetero) is 1. The second kappa shape index (κ2) is 9.07. The first-order valence-electron chi connectivity index (χ1n) is 9.27. The summed E-state index contributed by atoms with van der Waals surface area (Å²) in [6, 6.07) is 16.5. The van der Waals surface area contributed by atoms with E-state index in [1.165, 1.54) is 0 Å². The van der Waals surface area contributed by atoms with Gasteiger partial charge in [-0.15, -0.1) is 0 Å². The number of benzene rings is 2. The summed E-state index contributed by atoms with van der Waals surface area (Å²) in [6.45, 7) is 4.12. The fraction of sp³-hybridized carbons (Fsp3) is 0.364. The summed E-state index contributed by atoms with van der Waals surface area (Å²) >= 11 is 12.1. The topological polar surface area (TPSA) is 53.3 Å². The first-order chi connectivity index (χ1) is 13.4. The maximum Gasteiger partial charge on any atom is 0.142 e. The van der Waals surface area contributed by atoms with Gasteiger partial charge in [0, 0.05) is 21.9 Å². The van der Waals surface area contributed by atoms with Crippen molar-refractivity contribution in [3.63, 3.8) is 0 Å². The van der Waals surface area contributed by atoms with Gasteiger partial charge in [0.1, 0.15) is 5.78 Å². The van der Waals surface area contributed by atoms with Gasteiger partial charge in [-0.2, -0.15) is 10.3 Å². The largest absolute Gasteiger partial charge is 0.299 e. The average Bonchev–Trinajstić information content (AvgIpc) is 2.69. The summed E-state index contributed by atoms with van der Waals surface area (Å²) in [7, 11) is 0. The van der Waals surface area contributed by atoms with E-state index in [2.05, 4.69) is 6.07 Å². The number of nitrogens with zero attached hydrogens (tertiary/aromatic N) is 2. The van der Waals surface area contributed by atoms with Crippen LogP contribution in [0.1, 0.15) is 43.5 Å². The van der Waals surface area contributed by atoms with E-state index < -0.39 is 0 Å². The van der Waals surface area contributed by atoms with Crippen molar-refractivity contribution in [3.8, 4) is 6.07 Å². The molecule has 4 nitrogen and oxygen atoms in total. The average molecular weight is 417 g/mol. The Labute approximate surface area is 175 Å². The number of halogens is 2. The minimum absolute atomic E-state index is 0.181. The van der Waals surface area contributed by atoms with E-state index in [9.17, 15) is 4.79 Å². The van der Waals surface area contributed by atoms with E-state index in [-0.39, 0.29) is 42.7 Å². The number of carbonyl (C=O) groups is 1. The molecule has 0 amide bonds. The summed E-state index contributed by atoms with van der Waals surface area (Å²) < 4.78 is 0. The van der Waals surface area contributed by atoms with Gasteiger partial charge in [-0.1, -0.05) is 61.3 Å². The minimum atomic E-state index is -0.277. The molecule has 0 bridgehead atoms. The molecule has 0 radical (unpaired) electrons. The maximum absolute atomic E-state index is 13.1. The third kappa shape index (κ3) is 4.24. The van der Waals surface area contributed by atoms with Crippen molar-refractivity contribution < 1.29 is 9.63 Å². The van der Waals surface area contributed by atoms with Crippen molar-refractivity contribution in [2.45, 2.75) is 32.4 Å². The zero-order valence-electron chi connectivity index (χ0n) is 15.8. The number of nitriles is 1. The number of ketones is 1. The molecule has 1 aliphatic rings. The molecular formula is C22H22Cl2N2O2. The summed E-state index contributed by atoms with van der Waals surface area (Å²) in [6.07, 6.45) is 0.272. The predicted octanol–water partition coefficient (Wildman–Crippen LogP) is 5.78. The van der Waals surface area contributed by atoms with Crippen LogP contribution in [0, 0.1) is 23.2 Å². The van der Waals surface area contributed by atoms with Crippen LogP contribution in [0.15, 0.2) is 48.5 Å². The van der Waals surface area contributed by atoms with Crippen LogP contribution >= 0.6 is 23.2 Å². The van der Waals surface area contributed by atoms with Crippen molar-refractivity contribution in [1.29, 1.82) is 5.26 Å². The molecule has 146 valence electrons. The molecule has 3 rings (SSSR count). The first-order valence-corrected chi connectivity index (χ1v) is 10.0. The molecule has 1 aliphatic heterocycles. The Morgan fingerprint density at radius 1 is 0.929 bits per heavy atom. The maximum atomic E-state index is 13.1. The van der Waals surface area contributed by atoms with Gasteiger partial charge in [-0.3, -0.25) is 9.63 Å². The minimum Gasteiger partial charge on any atom is -0.299 e. The number of hydrogen-bond donors (Lipinski definition) is 0. The van der Waals surface area contributed by atoms with Crippen LogP contribution in [0.25, 0.3) is 0 Å². The van der Waals surface area contributed by atoms with Gasteiger partial charge in [0.15, 0.2) is 0 Å². The van der Waals surface area contributed by atoms with Crippen LogP contribution in [0.4, 0.5) is 0 Å². The van der Waals surface area contributed by atoms with Crippen LogP contribution in [-0.4, -0.2) is 17.5 Å². The smallest absolute Gasteiger partial charge is 0.142 e. The van der Waals surface area contributed by atoms with Crippen LogP contribution in [0.2, 0.25) is 10.0 Å². The number of hydrogen-bond acceptors (Lipinski definition) is 4. The molecule has 0 N–H and O–H groups in total. The number of piperidine rings is 1. The molecule has 0 spiro atoms. The van der Waals surface area contributed by atoms with E-state index in [1.807, 2.05) is 67.4 Å². The van der Waals surface area contributed by atoms with Gasteiger partial charge < -0.3 is 0 Å². The van der Waals surface area contributed by atoms with Crippen molar-refractivity contribution in [2.75, 3.05) is 6.61 Å². The van der Waals surface area contributed by atoms with Crippen LogP contribution in [0.5, 0.6) is 0 Å². The number of rotatable bonds is 5. The highest BCUT2D eigenvalue weighted by molar-refractivity contribution is 6.30. The van der Waals surface area contributed by atoms with E-state index in [0.717, 1.165) is 11.1 Å². The molecule has 1 fully saturated rings. The molecule has 0 aliphatic carbocycles. The van der Waals surface area contributed by atoms with E-state index in [4.69, 9.17) is 33.3 Å². The molecule has 4 atom stereocenters. The lowest BCUT2D eigenvalue weighted by Crippen LogP contribution is -2.49. The number of hydroxylamine groups is 2. The van der Waals surface area contributed by atoms with Gasteiger partial charge in [0.25, 0.3) is 0 Å². The second-order valence-corrected chi connectivity index (χ2v) is 7.95. The summed E-state index contributed by atoms with van der Waals surface area (Å²) in [5.74, 6) is -0.344. The van der Waals surface area contributed by atoms with E-state index in [1.54, 1.807) is 0 Å². The molecule has 2 aromatic carbocycles. The van der Waals surface area contributed by atoms with Crippen LogP contribution in [0.3, 0.4) is 0 Å². The Bertz CT molecular complexity index is 800. The van der Waals surface area contributed by atoms with Crippen LogP contribution < -0.4 is 0 Å². The molecule has 0 aromatic heterocycles. The lowest BCUT2D eigenvalue weighted by atomic mass is 9.76. The molecular weight excluding hydrogens is 395 g/mol. The van der Waals surface area contributed by atoms with Gasteiger partial charge in [0.05, 0.1) is 31.2 Å². The molecule has 0 saturated carbocycles. The highest BCUT2D eigenvalue weighted by Gasteiger charge is 2.47. The zero-order valence-corrected chi connectivity index (χ0v) is 17.3. The second-order valence-electron chi connectivity index (χ2n) is 7.07. The van der Waals surface area contributed by atoms with Crippen LogP contribution in [-0.2, 0) is 9.63 Å². The summed E-state index contributed by atoms with van der Waals surface area (Å²) in [5.41, 5.74) is 1.90. The SMILES string of the molecule is C[C@@H]1C(=O)[C@H](C)[C@@H](c2ccc(Cl)cc2)N(OCCC#N)[C@H]1c1ccc(Cl)cc1. The summed E-state index contributed by atoms with van der Waals surface area (Å²) in [4.78, 5) is 19.2. The third-order valence-corrected chi connectivity index (χ3v) is 5.77. The monoisotopic (exact) mass is 416 g/mol. The Morgan fingerprint density at radius 2 is 1.36 bits per heavy atom. The van der Waals surface area contributed by atoms with Crippen molar-refractivity contribution >= 4 is 29.0 Å². The highest BCUT2D eigenvalue weighted by atomic mass is 35.5. The third-order valence-electron chi connectivity index (χ3n) is 5.27. The van der Waals surface area contributed by atoms with E-state index >= 15 is 0 Å². The first kappa shape index (κ1) is 20.8. The lowest BCUT2D eigenvalue weighted by molar-refractivity contribution is -0.246. The molecule has 2 aromatic rings. The zero-order chi connectivity index (χ0) is 20.3. The van der Waals surface area contributed by atoms with Gasteiger partial charge in [-0.05, 0) is 35.4 Å². The highest BCUT2D eigenvalue weighted by Crippen LogP contribution is 2.46. The quantitative estimate of drug-likeness (QED) is 0.579. The number of carbonyl (C=O) groups excluding carboxylic acids is 1. The Morgan fingerprint density at radius 3 is 1.75 bits per heavy atom. The van der Waals surface area contributed by atoms with Gasteiger partial charge in [-0.25, -0.2) is 0 Å². The normalized spacial score (nSPS) is 25.5. The predicted molar refractivity (Wildman–Crippen MR) is 110 cm³/mol. The lowest BCUT2D eigenvalue weighted by Gasteiger charge is -2.47. The van der Waals surface area contributed by atoms with Crippen molar-refractivity contribution in [3.05, 3.63) is 69.7 Å². The van der Waals surface area contributed by atoms with E-state index in [0.29, 0.717) is 10.0 Å². The fourth-order valence-electron chi connectivity index (χ4n) is 3.89. The molecule has 0 unspecified atom stereocenters. The molecule has 6 heteroatoms.